The molecule has 1 fully saturated rings. The molecule has 0 aromatic heterocycles. The van der Waals surface area contributed by atoms with Crippen LogP contribution in [0.1, 0.15) is 51.5 Å². The molecule has 2 rings (SSSR count). The van der Waals surface area contributed by atoms with Crippen LogP contribution in [0.15, 0.2) is 30.3 Å². The number of carboxylic acids is 1. The molecular formula is C19H29NO3. The normalized spacial score (nSPS) is 16.1. The van der Waals surface area contributed by atoms with E-state index >= 15 is 0 Å². The van der Waals surface area contributed by atoms with Crippen LogP contribution in [0.3, 0.4) is 0 Å². The van der Waals surface area contributed by atoms with Gasteiger partial charge in [0.05, 0.1) is 0 Å². The average Bonchev–Trinajstić information content (AvgIpc) is 2.57. The van der Waals surface area contributed by atoms with E-state index in [1.165, 1.54) is 32.1 Å². The second kappa shape index (κ2) is 10.8. The molecule has 2 N–H and O–H groups in total. The van der Waals surface area contributed by atoms with Crippen LogP contribution in [0.5, 0.6) is 0 Å². The molecule has 1 aliphatic rings. The van der Waals surface area contributed by atoms with E-state index < -0.39 is 12.0 Å². The van der Waals surface area contributed by atoms with Crippen molar-refractivity contribution < 1.29 is 14.7 Å². The SMILES string of the molecule is CC(C)C1CCCCC1.O=CNC(Cc1ccccc1)C(=O)O. The van der Waals surface area contributed by atoms with Gasteiger partial charge in [-0.05, 0) is 17.4 Å². The fourth-order valence-corrected chi connectivity index (χ4v) is 2.95. The summed E-state index contributed by atoms with van der Waals surface area (Å²) in [6, 6.07) is 8.30. The summed E-state index contributed by atoms with van der Waals surface area (Å²) < 4.78 is 0. The zero-order valence-corrected chi connectivity index (χ0v) is 14.2. The van der Waals surface area contributed by atoms with Gasteiger partial charge < -0.3 is 10.4 Å². The lowest BCUT2D eigenvalue weighted by Gasteiger charge is -2.24. The first-order valence-electron chi connectivity index (χ1n) is 8.51. The zero-order valence-electron chi connectivity index (χ0n) is 14.2. The van der Waals surface area contributed by atoms with Crippen molar-refractivity contribution in [3.63, 3.8) is 0 Å². The fourth-order valence-electron chi connectivity index (χ4n) is 2.95. The van der Waals surface area contributed by atoms with Crippen LogP contribution in [0.25, 0.3) is 0 Å². The number of hydrogen-bond donors (Lipinski definition) is 2. The summed E-state index contributed by atoms with van der Waals surface area (Å²) in [5, 5.41) is 11.0. The van der Waals surface area contributed by atoms with Gasteiger partial charge >= 0.3 is 5.97 Å². The van der Waals surface area contributed by atoms with Crippen molar-refractivity contribution >= 4 is 12.4 Å². The second-order valence-corrected chi connectivity index (χ2v) is 6.51. The van der Waals surface area contributed by atoms with Crippen LogP contribution < -0.4 is 5.32 Å². The summed E-state index contributed by atoms with van der Waals surface area (Å²) in [5.74, 6) is 0.963. The first-order chi connectivity index (χ1) is 11.0. The highest BCUT2D eigenvalue weighted by molar-refractivity contribution is 5.76. The number of carbonyl (C=O) groups excluding carboxylic acids is 1. The van der Waals surface area contributed by atoms with E-state index in [2.05, 4.69) is 19.2 Å². The van der Waals surface area contributed by atoms with Gasteiger partial charge in [0.2, 0.25) is 6.41 Å². The van der Waals surface area contributed by atoms with Crippen LogP contribution in [-0.2, 0) is 16.0 Å². The first-order valence-corrected chi connectivity index (χ1v) is 8.51. The Labute approximate surface area is 139 Å². The number of benzene rings is 1. The molecule has 0 radical (unpaired) electrons. The molecule has 23 heavy (non-hydrogen) atoms. The van der Waals surface area contributed by atoms with E-state index in [1.807, 2.05) is 30.3 Å². The molecule has 1 saturated carbocycles. The minimum Gasteiger partial charge on any atom is -0.480 e. The lowest BCUT2D eigenvalue weighted by atomic mass is 9.82. The summed E-state index contributed by atoms with van der Waals surface area (Å²) in [4.78, 5) is 20.8. The number of rotatable bonds is 6. The summed E-state index contributed by atoms with van der Waals surface area (Å²) >= 11 is 0. The van der Waals surface area contributed by atoms with E-state index in [9.17, 15) is 9.59 Å². The minimum atomic E-state index is -1.03. The van der Waals surface area contributed by atoms with E-state index in [0.717, 1.165) is 17.4 Å². The molecule has 4 nitrogen and oxygen atoms in total. The topological polar surface area (TPSA) is 66.4 Å². The Morgan fingerprint density at radius 2 is 1.83 bits per heavy atom. The van der Waals surface area contributed by atoms with Crippen molar-refractivity contribution in [3.05, 3.63) is 35.9 Å². The maximum Gasteiger partial charge on any atom is 0.326 e. The maximum absolute atomic E-state index is 10.7. The van der Waals surface area contributed by atoms with Crippen molar-refractivity contribution in [1.82, 2.24) is 5.32 Å². The smallest absolute Gasteiger partial charge is 0.326 e. The number of carboxylic acid groups (broad SMARTS) is 1. The van der Waals surface area contributed by atoms with Crippen molar-refractivity contribution in [1.29, 1.82) is 0 Å². The lowest BCUT2D eigenvalue weighted by Crippen LogP contribution is -2.37. The van der Waals surface area contributed by atoms with Gasteiger partial charge in [-0.1, -0.05) is 76.3 Å². The molecule has 1 aromatic rings. The highest BCUT2D eigenvalue weighted by atomic mass is 16.4. The molecule has 0 heterocycles. The quantitative estimate of drug-likeness (QED) is 0.787. The molecule has 1 aliphatic carbocycles. The summed E-state index contributed by atoms with van der Waals surface area (Å²) in [6.45, 7) is 4.71. The van der Waals surface area contributed by atoms with E-state index in [-0.39, 0.29) is 0 Å². The van der Waals surface area contributed by atoms with Gasteiger partial charge in [0.25, 0.3) is 0 Å². The Balaban J connectivity index is 0.000000253. The van der Waals surface area contributed by atoms with Crippen molar-refractivity contribution in [2.24, 2.45) is 11.8 Å². The van der Waals surface area contributed by atoms with Crippen LogP contribution in [0, 0.1) is 11.8 Å². The third-order valence-corrected chi connectivity index (χ3v) is 4.44. The number of carbonyl (C=O) groups is 2. The van der Waals surface area contributed by atoms with Gasteiger partial charge in [0.15, 0.2) is 0 Å². The molecule has 0 bridgehead atoms. The van der Waals surface area contributed by atoms with Crippen LogP contribution in [-0.4, -0.2) is 23.5 Å². The minimum absolute atomic E-state index is 0.301. The average molecular weight is 319 g/mol. The highest BCUT2D eigenvalue weighted by Crippen LogP contribution is 2.29. The summed E-state index contributed by atoms with van der Waals surface area (Å²) in [5.41, 5.74) is 0.884. The Bertz CT molecular complexity index is 453. The van der Waals surface area contributed by atoms with Gasteiger partial charge in [-0.3, -0.25) is 4.79 Å². The monoisotopic (exact) mass is 319 g/mol. The van der Waals surface area contributed by atoms with Gasteiger partial charge in [0, 0.05) is 6.42 Å². The predicted octanol–water partition coefficient (Wildman–Crippen LogP) is 3.65. The standard InChI is InChI=1S/C10H11NO3.C9H18/c12-7-11-9(10(13)14)6-8-4-2-1-3-5-8;1-8(2)9-6-4-3-5-7-9/h1-5,7,9H,6H2,(H,11,12)(H,13,14);8-9H,3-7H2,1-2H3. The van der Waals surface area contributed by atoms with E-state index in [4.69, 9.17) is 5.11 Å². The summed E-state index contributed by atoms with van der Waals surface area (Å²) in [7, 11) is 0. The molecular weight excluding hydrogens is 290 g/mol. The lowest BCUT2D eigenvalue weighted by molar-refractivity contribution is -0.140. The highest BCUT2D eigenvalue weighted by Gasteiger charge is 2.16. The molecule has 1 atom stereocenters. The van der Waals surface area contributed by atoms with Gasteiger partial charge in [-0.15, -0.1) is 0 Å². The third kappa shape index (κ3) is 7.82. The Kier molecular flexibility index (Phi) is 9.03. The van der Waals surface area contributed by atoms with Crippen LogP contribution >= 0.6 is 0 Å². The molecule has 0 aliphatic heterocycles. The molecule has 1 aromatic carbocycles. The first kappa shape index (κ1) is 19.2. The molecule has 1 amide bonds. The molecule has 4 heteroatoms. The van der Waals surface area contributed by atoms with Crippen molar-refractivity contribution in [2.45, 2.75) is 58.4 Å². The van der Waals surface area contributed by atoms with Gasteiger partial charge in [-0.25, -0.2) is 4.79 Å². The van der Waals surface area contributed by atoms with Crippen molar-refractivity contribution in [2.75, 3.05) is 0 Å². The third-order valence-electron chi connectivity index (χ3n) is 4.44. The second-order valence-electron chi connectivity index (χ2n) is 6.51. The van der Waals surface area contributed by atoms with Crippen LogP contribution in [0.4, 0.5) is 0 Å². The molecule has 128 valence electrons. The van der Waals surface area contributed by atoms with Crippen molar-refractivity contribution in [3.8, 4) is 0 Å². The number of aliphatic carboxylic acids is 1. The Hall–Kier alpha value is -1.84. The largest absolute Gasteiger partial charge is 0.480 e. The van der Waals surface area contributed by atoms with Gasteiger partial charge in [0.1, 0.15) is 6.04 Å². The fraction of sp³-hybridized carbons (Fsp3) is 0.579. The molecule has 0 saturated heterocycles. The summed E-state index contributed by atoms with van der Waals surface area (Å²) in [6.07, 6.45) is 8.17. The predicted molar refractivity (Wildman–Crippen MR) is 92.2 cm³/mol. The Morgan fingerprint density at radius 3 is 2.26 bits per heavy atom. The zero-order chi connectivity index (χ0) is 17.1. The van der Waals surface area contributed by atoms with Gasteiger partial charge in [-0.2, -0.15) is 0 Å². The van der Waals surface area contributed by atoms with E-state index in [1.54, 1.807) is 0 Å². The number of amides is 1. The van der Waals surface area contributed by atoms with E-state index in [0.29, 0.717) is 12.8 Å². The maximum atomic E-state index is 10.7. The number of hydrogen-bond acceptors (Lipinski definition) is 2. The molecule has 1 unspecified atom stereocenters. The Morgan fingerprint density at radius 1 is 1.22 bits per heavy atom. The molecule has 0 spiro atoms. The number of nitrogens with one attached hydrogen (secondary N) is 1. The van der Waals surface area contributed by atoms with Crippen LogP contribution in [0.2, 0.25) is 0 Å².